The summed E-state index contributed by atoms with van der Waals surface area (Å²) >= 11 is 0. The predicted octanol–water partition coefficient (Wildman–Crippen LogP) is 1.77. The number of nitrogens with one attached hydrogen (secondary N) is 1. The van der Waals surface area contributed by atoms with E-state index >= 15 is 0 Å². The first-order valence-corrected chi connectivity index (χ1v) is 9.63. The molecule has 0 spiro atoms. The number of benzene rings is 2. The van der Waals surface area contributed by atoms with Gasteiger partial charge in [-0.15, -0.1) is 0 Å². The largest absolute Gasteiger partial charge is 0.493 e. The maximum atomic E-state index is 13.2. The van der Waals surface area contributed by atoms with Gasteiger partial charge in [-0.2, -0.15) is 0 Å². The van der Waals surface area contributed by atoms with Gasteiger partial charge in [-0.05, 0) is 36.8 Å². The number of fused-ring (bicyclic) bond motifs is 1. The van der Waals surface area contributed by atoms with Crippen LogP contribution in [-0.4, -0.2) is 60.9 Å². The first-order chi connectivity index (χ1) is 14.8. The monoisotopic (exact) mass is 423 g/mol. The van der Waals surface area contributed by atoms with E-state index in [1.807, 2.05) is 0 Å². The van der Waals surface area contributed by atoms with Crippen molar-refractivity contribution in [2.24, 2.45) is 0 Å². The minimum absolute atomic E-state index is 0.0898. The first kappa shape index (κ1) is 20.4. The van der Waals surface area contributed by atoms with Crippen LogP contribution < -0.4 is 14.8 Å². The van der Waals surface area contributed by atoms with Crippen molar-refractivity contribution in [1.82, 2.24) is 15.1 Å². The fraction of sp³-hybridized carbons (Fsp3) is 0.273. The van der Waals surface area contributed by atoms with Gasteiger partial charge >= 0.3 is 6.03 Å². The van der Waals surface area contributed by atoms with E-state index in [1.165, 1.54) is 14.2 Å². The summed E-state index contributed by atoms with van der Waals surface area (Å²) in [6.45, 7) is 1.39. The minimum atomic E-state index is -1.32. The van der Waals surface area contributed by atoms with E-state index in [4.69, 9.17) is 9.47 Å². The van der Waals surface area contributed by atoms with Gasteiger partial charge < -0.3 is 14.8 Å². The van der Waals surface area contributed by atoms with Crippen LogP contribution in [0, 0.1) is 0 Å². The fourth-order valence-corrected chi connectivity index (χ4v) is 3.89. The molecular formula is C22H21N3O6. The summed E-state index contributed by atoms with van der Waals surface area (Å²) in [6.07, 6.45) is 0. The van der Waals surface area contributed by atoms with E-state index in [-0.39, 0.29) is 13.1 Å². The molecule has 31 heavy (non-hydrogen) atoms. The highest BCUT2D eigenvalue weighted by atomic mass is 16.5. The molecule has 1 saturated heterocycles. The molecule has 1 N–H and O–H groups in total. The van der Waals surface area contributed by atoms with Crippen LogP contribution in [-0.2, 0) is 10.3 Å². The third-order valence-corrected chi connectivity index (χ3v) is 5.66. The number of imide groups is 2. The summed E-state index contributed by atoms with van der Waals surface area (Å²) in [4.78, 5) is 52.9. The number of urea groups is 1. The molecule has 2 heterocycles. The number of methoxy groups -OCH3 is 2. The summed E-state index contributed by atoms with van der Waals surface area (Å²) in [5.74, 6) is -0.436. The lowest BCUT2D eigenvalue weighted by molar-refractivity contribution is -0.131. The molecule has 160 valence electrons. The van der Waals surface area contributed by atoms with E-state index in [9.17, 15) is 19.2 Å². The van der Waals surface area contributed by atoms with Crippen molar-refractivity contribution in [2.75, 3.05) is 27.3 Å². The summed E-state index contributed by atoms with van der Waals surface area (Å²) in [6, 6.07) is 10.9. The molecular weight excluding hydrogens is 402 g/mol. The van der Waals surface area contributed by atoms with Gasteiger partial charge in [-0.1, -0.05) is 18.2 Å². The van der Waals surface area contributed by atoms with E-state index < -0.39 is 29.3 Å². The Morgan fingerprint density at radius 2 is 1.42 bits per heavy atom. The van der Waals surface area contributed by atoms with Gasteiger partial charge in [0.15, 0.2) is 11.5 Å². The molecule has 2 aromatic rings. The Labute approximate surface area is 178 Å². The molecule has 0 aliphatic carbocycles. The van der Waals surface area contributed by atoms with Crippen LogP contribution in [0.4, 0.5) is 4.79 Å². The summed E-state index contributed by atoms with van der Waals surface area (Å²) < 4.78 is 10.5. The van der Waals surface area contributed by atoms with Crippen LogP contribution >= 0.6 is 0 Å². The topological polar surface area (TPSA) is 105 Å². The molecule has 0 saturated carbocycles. The Bertz CT molecular complexity index is 1080. The summed E-state index contributed by atoms with van der Waals surface area (Å²) in [5.41, 5.74) is -0.162. The number of carbonyl (C=O) groups is 4. The fourth-order valence-electron chi connectivity index (χ4n) is 3.89. The Morgan fingerprint density at radius 3 is 2.00 bits per heavy atom. The quantitative estimate of drug-likeness (QED) is 0.561. The van der Waals surface area contributed by atoms with Crippen molar-refractivity contribution >= 4 is 23.8 Å². The standard InChI is InChI=1S/C22H21N3O6/c1-22(13-8-9-16(30-2)17(12-13)31-3)20(28)25(21(29)23-22)11-10-24-18(26)14-6-4-5-7-15(14)19(24)27/h4-9,12H,10-11H2,1-3H3,(H,23,29)/t22-/m0/s1. The number of carbonyl (C=O) groups excluding carboxylic acids is 4. The Hall–Kier alpha value is -3.88. The van der Waals surface area contributed by atoms with Crippen molar-refractivity contribution in [2.45, 2.75) is 12.5 Å². The van der Waals surface area contributed by atoms with Crippen molar-refractivity contribution in [3.63, 3.8) is 0 Å². The third-order valence-electron chi connectivity index (χ3n) is 5.66. The van der Waals surface area contributed by atoms with Gasteiger partial charge in [0.25, 0.3) is 17.7 Å². The maximum Gasteiger partial charge on any atom is 0.325 e. The summed E-state index contributed by atoms with van der Waals surface area (Å²) in [7, 11) is 2.98. The molecule has 5 amide bonds. The van der Waals surface area contributed by atoms with Crippen molar-refractivity contribution in [1.29, 1.82) is 0 Å². The van der Waals surface area contributed by atoms with E-state index in [1.54, 1.807) is 49.4 Å². The number of nitrogens with zero attached hydrogens (tertiary/aromatic N) is 2. The zero-order valence-corrected chi connectivity index (χ0v) is 17.3. The second-order valence-corrected chi connectivity index (χ2v) is 7.39. The molecule has 9 heteroatoms. The van der Waals surface area contributed by atoms with E-state index in [0.29, 0.717) is 28.2 Å². The van der Waals surface area contributed by atoms with E-state index in [2.05, 4.69) is 5.32 Å². The first-order valence-electron chi connectivity index (χ1n) is 9.63. The van der Waals surface area contributed by atoms with Gasteiger partial charge in [-0.25, -0.2) is 4.79 Å². The number of rotatable bonds is 6. The molecule has 4 rings (SSSR count). The zero-order valence-electron chi connectivity index (χ0n) is 17.3. The second-order valence-electron chi connectivity index (χ2n) is 7.39. The van der Waals surface area contributed by atoms with Crippen LogP contribution in [0.5, 0.6) is 11.5 Å². The Kier molecular flexibility index (Phi) is 4.88. The van der Waals surface area contributed by atoms with Crippen molar-refractivity contribution < 1.29 is 28.7 Å². The van der Waals surface area contributed by atoms with Crippen molar-refractivity contribution in [3.8, 4) is 11.5 Å². The van der Waals surface area contributed by atoms with Gasteiger partial charge in [0.05, 0.1) is 25.3 Å². The lowest BCUT2D eigenvalue weighted by atomic mass is 9.91. The lowest BCUT2D eigenvalue weighted by Crippen LogP contribution is -2.43. The smallest absolute Gasteiger partial charge is 0.325 e. The molecule has 0 radical (unpaired) electrons. The van der Waals surface area contributed by atoms with Crippen LogP contribution in [0.3, 0.4) is 0 Å². The normalized spacial score (nSPS) is 20.2. The summed E-state index contributed by atoms with van der Waals surface area (Å²) in [5, 5.41) is 2.70. The average Bonchev–Trinajstić information content (AvgIpc) is 3.16. The van der Waals surface area contributed by atoms with Gasteiger partial charge in [0.2, 0.25) is 0 Å². The number of ether oxygens (including phenoxy) is 2. The van der Waals surface area contributed by atoms with E-state index in [0.717, 1.165) is 9.80 Å². The highest BCUT2D eigenvalue weighted by Gasteiger charge is 2.49. The SMILES string of the molecule is COc1ccc([C@]2(C)NC(=O)N(CCN3C(=O)c4ccccc4C3=O)C2=O)cc1OC. The molecule has 2 aliphatic heterocycles. The third kappa shape index (κ3) is 3.09. The second kappa shape index (κ2) is 7.42. The molecule has 2 aliphatic rings. The number of hydrogen-bond donors (Lipinski definition) is 1. The lowest BCUT2D eigenvalue weighted by Gasteiger charge is -2.24. The van der Waals surface area contributed by atoms with Crippen LogP contribution in [0.1, 0.15) is 33.2 Å². The van der Waals surface area contributed by atoms with Gasteiger partial charge in [0.1, 0.15) is 5.54 Å². The van der Waals surface area contributed by atoms with Crippen molar-refractivity contribution in [3.05, 3.63) is 59.2 Å². The highest BCUT2D eigenvalue weighted by molar-refractivity contribution is 6.21. The Balaban J connectivity index is 1.53. The van der Waals surface area contributed by atoms with Crippen LogP contribution in [0.15, 0.2) is 42.5 Å². The van der Waals surface area contributed by atoms with Gasteiger partial charge in [0, 0.05) is 13.1 Å². The maximum absolute atomic E-state index is 13.2. The molecule has 0 aromatic heterocycles. The molecule has 0 bridgehead atoms. The predicted molar refractivity (Wildman–Crippen MR) is 109 cm³/mol. The average molecular weight is 423 g/mol. The van der Waals surface area contributed by atoms with Crippen LogP contribution in [0.2, 0.25) is 0 Å². The van der Waals surface area contributed by atoms with Gasteiger partial charge in [-0.3, -0.25) is 24.2 Å². The molecule has 0 unspecified atom stereocenters. The highest BCUT2D eigenvalue weighted by Crippen LogP contribution is 2.35. The molecule has 9 nitrogen and oxygen atoms in total. The Morgan fingerprint density at radius 1 is 0.839 bits per heavy atom. The molecule has 1 atom stereocenters. The zero-order chi connectivity index (χ0) is 22.3. The van der Waals surface area contributed by atoms with Crippen LogP contribution in [0.25, 0.3) is 0 Å². The molecule has 2 aromatic carbocycles. The minimum Gasteiger partial charge on any atom is -0.493 e. The number of amides is 5. The molecule has 1 fully saturated rings. The number of hydrogen-bond acceptors (Lipinski definition) is 6.